The summed E-state index contributed by atoms with van der Waals surface area (Å²) in [4.78, 5) is 2.31. The molecule has 1 aliphatic carbocycles. The fourth-order valence-electron chi connectivity index (χ4n) is 2.40. The van der Waals surface area contributed by atoms with Crippen LogP contribution in [0.3, 0.4) is 0 Å². The summed E-state index contributed by atoms with van der Waals surface area (Å²) in [6, 6.07) is 8.57. The van der Waals surface area contributed by atoms with Gasteiger partial charge in [0.15, 0.2) is 0 Å². The van der Waals surface area contributed by atoms with E-state index in [1.54, 1.807) is 7.11 Å². The van der Waals surface area contributed by atoms with Gasteiger partial charge < -0.3 is 9.64 Å². The van der Waals surface area contributed by atoms with E-state index < -0.39 is 0 Å². The van der Waals surface area contributed by atoms with Crippen molar-refractivity contribution in [3.8, 4) is 6.07 Å². The van der Waals surface area contributed by atoms with Crippen LogP contribution in [0.25, 0.3) is 0 Å². The highest BCUT2D eigenvalue weighted by Crippen LogP contribution is 2.38. The Hall–Kier alpha value is -1.05. The largest absolute Gasteiger partial charge is 0.383 e. The van der Waals surface area contributed by atoms with Gasteiger partial charge in [0.25, 0.3) is 0 Å². The van der Waals surface area contributed by atoms with Crippen LogP contribution in [0, 0.1) is 17.2 Å². The first kappa shape index (κ1) is 14.4. The third-order valence-corrected chi connectivity index (χ3v) is 4.22. The molecule has 0 aliphatic heterocycles. The van der Waals surface area contributed by atoms with E-state index in [4.69, 9.17) is 4.74 Å². The Morgan fingerprint density at radius 1 is 1.53 bits per heavy atom. The van der Waals surface area contributed by atoms with E-state index in [1.165, 1.54) is 12.8 Å². The van der Waals surface area contributed by atoms with Crippen LogP contribution in [0.15, 0.2) is 22.7 Å². The molecule has 3 nitrogen and oxygen atoms in total. The average molecular weight is 323 g/mol. The summed E-state index contributed by atoms with van der Waals surface area (Å²) in [5.41, 5.74) is 1.74. The minimum absolute atomic E-state index is 0.455. The van der Waals surface area contributed by atoms with E-state index >= 15 is 0 Å². The van der Waals surface area contributed by atoms with E-state index in [2.05, 4.69) is 33.8 Å². The number of hydrogen-bond donors (Lipinski definition) is 0. The quantitative estimate of drug-likeness (QED) is 0.803. The summed E-state index contributed by atoms with van der Waals surface area (Å²) >= 11 is 3.50. The van der Waals surface area contributed by atoms with Crippen LogP contribution in [0.5, 0.6) is 0 Å². The molecule has 1 atom stereocenters. The number of nitriles is 1. The van der Waals surface area contributed by atoms with Gasteiger partial charge in [0.2, 0.25) is 0 Å². The van der Waals surface area contributed by atoms with Crippen LogP contribution in [0.1, 0.15) is 25.3 Å². The minimum Gasteiger partial charge on any atom is -0.383 e. The molecular weight excluding hydrogens is 304 g/mol. The number of rotatable bonds is 6. The zero-order chi connectivity index (χ0) is 13.8. The second-order valence-electron chi connectivity index (χ2n) is 5.04. The van der Waals surface area contributed by atoms with Crippen molar-refractivity contribution >= 4 is 21.6 Å². The number of nitrogens with zero attached hydrogens (tertiary/aromatic N) is 2. The van der Waals surface area contributed by atoms with E-state index in [1.807, 2.05) is 18.2 Å². The van der Waals surface area contributed by atoms with Gasteiger partial charge in [-0.3, -0.25) is 0 Å². The van der Waals surface area contributed by atoms with Crippen molar-refractivity contribution in [3.63, 3.8) is 0 Å². The van der Waals surface area contributed by atoms with Crippen molar-refractivity contribution < 1.29 is 4.74 Å². The highest BCUT2D eigenvalue weighted by Gasteiger charge is 2.32. The van der Waals surface area contributed by atoms with Crippen LogP contribution in [-0.4, -0.2) is 26.3 Å². The second-order valence-corrected chi connectivity index (χ2v) is 5.95. The summed E-state index contributed by atoms with van der Waals surface area (Å²) in [7, 11) is 1.71. The average Bonchev–Trinajstić information content (AvgIpc) is 3.23. The molecule has 1 aromatic rings. The molecule has 0 spiro atoms. The Labute approximate surface area is 123 Å². The third-order valence-electron chi connectivity index (χ3n) is 3.72. The maximum absolute atomic E-state index is 9.30. The normalized spacial score (nSPS) is 15.9. The van der Waals surface area contributed by atoms with Crippen molar-refractivity contribution in [2.75, 3.05) is 25.2 Å². The summed E-state index contributed by atoms with van der Waals surface area (Å²) in [6.07, 6.45) is 2.58. The molecule has 0 radical (unpaired) electrons. The first-order valence-corrected chi connectivity index (χ1v) is 7.42. The molecule has 0 aromatic heterocycles. The van der Waals surface area contributed by atoms with Crippen LogP contribution in [-0.2, 0) is 4.74 Å². The zero-order valence-electron chi connectivity index (χ0n) is 11.4. The molecule has 4 heteroatoms. The highest BCUT2D eigenvalue weighted by atomic mass is 79.9. The molecule has 0 bridgehead atoms. The topological polar surface area (TPSA) is 36.3 Å². The van der Waals surface area contributed by atoms with Crippen molar-refractivity contribution in [1.82, 2.24) is 0 Å². The molecule has 0 amide bonds. The molecule has 1 fully saturated rings. The van der Waals surface area contributed by atoms with Gasteiger partial charge in [0.1, 0.15) is 6.07 Å². The van der Waals surface area contributed by atoms with Crippen molar-refractivity contribution in [3.05, 3.63) is 28.2 Å². The van der Waals surface area contributed by atoms with Gasteiger partial charge in [0, 0.05) is 24.2 Å². The predicted octanol–water partition coefficient (Wildman–Crippen LogP) is 3.57. The summed E-state index contributed by atoms with van der Waals surface area (Å²) in [5.74, 6) is 0.752. The maximum atomic E-state index is 9.30. The van der Waals surface area contributed by atoms with Crippen LogP contribution in [0.4, 0.5) is 5.69 Å². The van der Waals surface area contributed by atoms with Gasteiger partial charge in [-0.15, -0.1) is 0 Å². The van der Waals surface area contributed by atoms with Gasteiger partial charge in [-0.25, -0.2) is 0 Å². The number of ether oxygens (including phenoxy) is 1. The van der Waals surface area contributed by atoms with Crippen molar-refractivity contribution in [2.45, 2.75) is 25.8 Å². The fraction of sp³-hybridized carbons (Fsp3) is 0.533. The van der Waals surface area contributed by atoms with Gasteiger partial charge in [-0.2, -0.15) is 5.26 Å². The summed E-state index contributed by atoms with van der Waals surface area (Å²) in [6.45, 7) is 3.74. The molecule has 2 rings (SSSR count). The molecule has 1 saturated carbocycles. The van der Waals surface area contributed by atoms with E-state index in [0.29, 0.717) is 12.6 Å². The Bertz CT molecular complexity index is 480. The minimum atomic E-state index is 0.455. The number of anilines is 1. The monoisotopic (exact) mass is 322 g/mol. The summed E-state index contributed by atoms with van der Waals surface area (Å²) in [5, 5.41) is 9.30. The molecule has 1 aromatic carbocycles. The molecule has 102 valence electrons. The van der Waals surface area contributed by atoms with Crippen molar-refractivity contribution in [1.29, 1.82) is 5.26 Å². The number of methoxy groups -OCH3 is 1. The molecule has 0 heterocycles. The lowest BCUT2D eigenvalue weighted by Crippen LogP contribution is -2.37. The summed E-state index contributed by atoms with van der Waals surface area (Å²) < 4.78 is 6.22. The Morgan fingerprint density at radius 3 is 2.84 bits per heavy atom. The van der Waals surface area contributed by atoms with Crippen LogP contribution < -0.4 is 4.90 Å². The Balaban J connectivity index is 2.30. The smallest absolute Gasteiger partial charge is 0.101 e. The SMILES string of the molecule is COCCN(c1cc(Br)ccc1C#N)C(C)C1CC1. The van der Waals surface area contributed by atoms with E-state index in [-0.39, 0.29) is 0 Å². The van der Waals surface area contributed by atoms with Gasteiger partial charge in [-0.05, 0) is 43.9 Å². The van der Waals surface area contributed by atoms with Gasteiger partial charge in [-0.1, -0.05) is 15.9 Å². The molecule has 19 heavy (non-hydrogen) atoms. The van der Waals surface area contributed by atoms with Crippen molar-refractivity contribution in [2.24, 2.45) is 5.92 Å². The van der Waals surface area contributed by atoms with Crippen LogP contribution in [0.2, 0.25) is 0 Å². The van der Waals surface area contributed by atoms with Crippen LogP contribution >= 0.6 is 15.9 Å². The number of hydrogen-bond acceptors (Lipinski definition) is 3. The molecule has 1 aliphatic rings. The highest BCUT2D eigenvalue weighted by molar-refractivity contribution is 9.10. The molecule has 1 unspecified atom stereocenters. The third kappa shape index (κ3) is 3.49. The van der Waals surface area contributed by atoms with Gasteiger partial charge in [0.05, 0.1) is 17.9 Å². The predicted molar refractivity (Wildman–Crippen MR) is 80.3 cm³/mol. The molecular formula is C15H19BrN2O. The molecule has 0 N–H and O–H groups in total. The lowest BCUT2D eigenvalue weighted by Gasteiger charge is -2.32. The lowest BCUT2D eigenvalue weighted by molar-refractivity contribution is 0.202. The first-order valence-electron chi connectivity index (χ1n) is 6.62. The number of benzene rings is 1. The number of halogens is 1. The fourth-order valence-corrected chi connectivity index (χ4v) is 2.75. The Morgan fingerprint density at radius 2 is 2.26 bits per heavy atom. The zero-order valence-corrected chi connectivity index (χ0v) is 13.0. The maximum Gasteiger partial charge on any atom is 0.101 e. The first-order chi connectivity index (χ1) is 9.17. The molecule has 0 saturated heterocycles. The van der Waals surface area contributed by atoms with Gasteiger partial charge >= 0.3 is 0 Å². The Kier molecular flexibility index (Phi) is 4.84. The lowest BCUT2D eigenvalue weighted by atomic mass is 10.1. The van der Waals surface area contributed by atoms with E-state index in [9.17, 15) is 5.26 Å². The standard InChI is InChI=1S/C15H19BrN2O/c1-11(12-3-4-12)18(7-8-19-2)15-9-14(16)6-5-13(15)10-17/h5-6,9,11-12H,3-4,7-8H2,1-2H3. The van der Waals surface area contributed by atoms with E-state index in [0.717, 1.165) is 28.2 Å². The second kappa shape index (κ2) is 6.40.